The average Bonchev–Trinajstić information content (AvgIpc) is 3.23. The number of hydroxylamine groups is 1. The van der Waals surface area contributed by atoms with Gasteiger partial charge in [0.15, 0.2) is 6.17 Å². The topological polar surface area (TPSA) is 126 Å². The Morgan fingerprint density at radius 2 is 1.91 bits per heavy atom. The van der Waals surface area contributed by atoms with Crippen LogP contribution in [0.1, 0.15) is 41.4 Å². The Morgan fingerprint density at radius 3 is 2.47 bits per heavy atom. The Kier molecular flexibility index (Phi) is 6.82. The van der Waals surface area contributed by atoms with E-state index in [1.165, 1.54) is 25.2 Å². The standard InChI is InChI=1S/C21H26FN5O4S/c1-12(23)19-25-21(31-26-19)16-9-15(10-18(11-16)27(3)32(4,29)30)20(28)24-13(2)14-5-7-17(22)8-6-14/h5-13,19,26H,23H2,1-4H3,(H,24,28). The quantitative estimate of drug-likeness (QED) is 0.573. The number of anilines is 1. The summed E-state index contributed by atoms with van der Waals surface area (Å²) in [5.74, 6) is -0.622. The smallest absolute Gasteiger partial charge is 0.251 e. The first-order chi connectivity index (χ1) is 15.0. The van der Waals surface area contributed by atoms with Crippen molar-refractivity contribution in [2.24, 2.45) is 10.7 Å². The van der Waals surface area contributed by atoms with Crippen molar-refractivity contribution in [3.05, 3.63) is 65.0 Å². The molecule has 1 aliphatic heterocycles. The summed E-state index contributed by atoms with van der Waals surface area (Å²) >= 11 is 0. The van der Waals surface area contributed by atoms with Crippen molar-refractivity contribution in [2.45, 2.75) is 32.1 Å². The molecule has 9 nitrogen and oxygen atoms in total. The minimum absolute atomic E-state index is 0.191. The number of rotatable bonds is 7. The maximum atomic E-state index is 13.2. The molecule has 3 unspecified atom stereocenters. The summed E-state index contributed by atoms with van der Waals surface area (Å²) in [7, 11) is -2.20. The number of nitrogens with two attached hydrogens (primary N) is 1. The molecule has 172 valence electrons. The second-order valence-corrected chi connectivity index (χ2v) is 9.72. The van der Waals surface area contributed by atoms with E-state index in [0.717, 1.165) is 16.1 Å². The zero-order chi connectivity index (χ0) is 23.6. The molecule has 0 aliphatic carbocycles. The number of hydrogen-bond donors (Lipinski definition) is 3. The largest absolute Gasteiger partial charge is 0.386 e. The lowest BCUT2D eigenvalue weighted by atomic mass is 10.1. The van der Waals surface area contributed by atoms with Crippen LogP contribution in [0.25, 0.3) is 0 Å². The fraction of sp³-hybridized carbons (Fsp3) is 0.333. The van der Waals surface area contributed by atoms with Gasteiger partial charge in [-0.3, -0.25) is 9.10 Å². The van der Waals surface area contributed by atoms with Crippen LogP contribution in [0.3, 0.4) is 0 Å². The van der Waals surface area contributed by atoms with Gasteiger partial charge < -0.3 is 15.9 Å². The third kappa shape index (κ3) is 5.42. The zero-order valence-electron chi connectivity index (χ0n) is 18.2. The highest BCUT2D eigenvalue weighted by atomic mass is 32.2. The van der Waals surface area contributed by atoms with Crippen molar-refractivity contribution < 1.29 is 22.4 Å². The van der Waals surface area contributed by atoms with Crippen LogP contribution >= 0.6 is 0 Å². The Morgan fingerprint density at radius 1 is 1.25 bits per heavy atom. The van der Waals surface area contributed by atoms with Gasteiger partial charge in [0.1, 0.15) is 5.82 Å². The van der Waals surface area contributed by atoms with Gasteiger partial charge in [0.2, 0.25) is 15.9 Å². The number of sulfonamides is 1. The molecule has 32 heavy (non-hydrogen) atoms. The van der Waals surface area contributed by atoms with Gasteiger partial charge in [0.25, 0.3) is 5.91 Å². The van der Waals surface area contributed by atoms with Gasteiger partial charge in [0, 0.05) is 24.2 Å². The van der Waals surface area contributed by atoms with Crippen molar-refractivity contribution >= 4 is 27.5 Å². The molecule has 3 atom stereocenters. The molecule has 3 rings (SSSR count). The van der Waals surface area contributed by atoms with Gasteiger partial charge in [-0.2, -0.15) is 0 Å². The van der Waals surface area contributed by atoms with E-state index >= 15 is 0 Å². The second kappa shape index (κ2) is 9.23. The van der Waals surface area contributed by atoms with Crippen LogP contribution < -0.4 is 20.8 Å². The Hall–Kier alpha value is -3.02. The molecule has 0 saturated heterocycles. The van der Waals surface area contributed by atoms with E-state index in [0.29, 0.717) is 5.56 Å². The number of nitrogens with zero attached hydrogens (tertiary/aromatic N) is 2. The third-order valence-corrected chi connectivity index (χ3v) is 6.24. The van der Waals surface area contributed by atoms with Crippen LogP contribution in [0.2, 0.25) is 0 Å². The normalized spacial score (nSPS) is 17.8. The van der Waals surface area contributed by atoms with E-state index in [1.54, 1.807) is 38.1 Å². The first kappa shape index (κ1) is 23.6. The molecule has 2 aromatic carbocycles. The van der Waals surface area contributed by atoms with E-state index in [1.807, 2.05) is 0 Å². The zero-order valence-corrected chi connectivity index (χ0v) is 19.0. The van der Waals surface area contributed by atoms with E-state index in [2.05, 4.69) is 15.8 Å². The molecule has 1 heterocycles. The molecule has 0 fully saturated rings. The Bertz CT molecular complexity index is 1140. The number of carbonyl (C=O) groups is 1. The summed E-state index contributed by atoms with van der Waals surface area (Å²) in [6.07, 6.45) is 0.588. The van der Waals surface area contributed by atoms with Crippen LogP contribution in [0.4, 0.5) is 10.1 Å². The molecule has 4 N–H and O–H groups in total. The van der Waals surface area contributed by atoms with Gasteiger partial charge in [-0.25, -0.2) is 17.8 Å². The highest BCUT2D eigenvalue weighted by molar-refractivity contribution is 7.92. The Labute approximate surface area is 186 Å². The maximum absolute atomic E-state index is 13.2. The second-order valence-electron chi connectivity index (χ2n) is 7.70. The number of amides is 1. The molecule has 0 saturated carbocycles. The third-order valence-electron chi connectivity index (χ3n) is 5.04. The molecule has 1 amide bonds. The van der Waals surface area contributed by atoms with Crippen LogP contribution in [0.5, 0.6) is 0 Å². The maximum Gasteiger partial charge on any atom is 0.251 e. The van der Waals surface area contributed by atoms with Gasteiger partial charge in [-0.15, -0.1) is 5.48 Å². The predicted molar refractivity (Wildman–Crippen MR) is 120 cm³/mol. The lowest BCUT2D eigenvalue weighted by Crippen LogP contribution is -2.38. The monoisotopic (exact) mass is 463 g/mol. The molecule has 0 spiro atoms. The van der Waals surface area contributed by atoms with Gasteiger partial charge in [-0.05, 0) is 49.7 Å². The number of aliphatic imine (C=N–C) groups is 1. The molecule has 0 bridgehead atoms. The fourth-order valence-corrected chi connectivity index (χ4v) is 3.50. The summed E-state index contributed by atoms with van der Waals surface area (Å²) in [5, 5.41) is 2.84. The number of benzene rings is 2. The molecule has 0 radical (unpaired) electrons. The SMILES string of the molecule is CC(NC(=O)c1cc(C2=NC(C(C)N)NO2)cc(N(C)S(C)(=O)=O)c1)c1ccc(F)cc1. The summed E-state index contributed by atoms with van der Waals surface area (Å²) in [5.41, 5.74) is 10.1. The minimum atomic E-state index is -3.58. The van der Waals surface area contributed by atoms with Crippen LogP contribution in [0.15, 0.2) is 47.5 Å². The minimum Gasteiger partial charge on any atom is -0.386 e. The molecule has 11 heteroatoms. The molecule has 0 aromatic heterocycles. The summed E-state index contributed by atoms with van der Waals surface area (Å²) < 4.78 is 38.4. The molecule has 1 aliphatic rings. The van der Waals surface area contributed by atoms with E-state index in [-0.39, 0.29) is 29.0 Å². The van der Waals surface area contributed by atoms with E-state index in [9.17, 15) is 17.6 Å². The van der Waals surface area contributed by atoms with Crippen molar-refractivity contribution in [3.8, 4) is 0 Å². The lowest BCUT2D eigenvalue weighted by molar-refractivity contribution is 0.0940. The van der Waals surface area contributed by atoms with Gasteiger partial charge in [-0.1, -0.05) is 12.1 Å². The van der Waals surface area contributed by atoms with Crippen molar-refractivity contribution in [2.75, 3.05) is 17.6 Å². The number of nitrogens with one attached hydrogen (secondary N) is 2. The van der Waals surface area contributed by atoms with Crippen LogP contribution in [-0.4, -0.2) is 45.7 Å². The van der Waals surface area contributed by atoms with Crippen LogP contribution in [0, 0.1) is 5.82 Å². The van der Waals surface area contributed by atoms with Gasteiger partial charge in [0.05, 0.1) is 18.0 Å². The molecule has 2 aromatic rings. The first-order valence-corrected chi connectivity index (χ1v) is 11.7. The van der Waals surface area contributed by atoms with Crippen molar-refractivity contribution in [1.29, 1.82) is 0 Å². The summed E-state index contributed by atoms with van der Waals surface area (Å²) in [4.78, 5) is 22.8. The number of hydrogen-bond acceptors (Lipinski definition) is 7. The molecular formula is C21H26FN5O4S. The fourth-order valence-electron chi connectivity index (χ4n) is 3.01. The van der Waals surface area contributed by atoms with Crippen LogP contribution in [-0.2, 0) is 14.9 Å². The van der Waals surface area contributed by atoms with E-state index < -0.39 is 28.1 Å². The lowest BCUT2D eigenvalue weighted by Gasteiger charge is -2.20. The highest BCUT2D eigenvalue weighted by Gasteiger charge is 2.25. The van der Waals surface area contributed by atoms with E-state index in [4.69, 9.17) is 10.6 Å². The highest BCUT2D eigenvalue weighted by Crippen LogP contribution is 2.23. The van der Waals surface area contributed by atoms with Crippen molar-refractivity contribution in [1.82, 2.24) is 10.8 Å². The predicted octanol–water partition coefficient (Wildman–Crippen LogP) is 1.67. The summed E-state index contributed by atoms with van der Waals surface area (Å²) in [6, 6.07) is 9.64. The Balaban J connectivity index is 1.96. The number of carbonyl (C=O) groups excluding carboxylic acids is 1. The number of halogens is 1. The van der Waals surface area contributed by atoms with Crippen molar-refractivity contribution in [3.63, 3.8) is 0 Å². The average molecular weight is 464 g/mol. The first-order valence-electron chi connectivity index (χ1n) is 9.87. The molecular weight excluding hydrogens is 437 g/mol. The summed E-state index contributed by atoms with van der Waals surface area (Å²) in [6.45, 7) is 3.52. The van der Waals surface area contributed by atoms with Gasteiger partial charge >= 0.3 is 0 Å².